The van der Waals surface area contributed by atoms with E-state index in [9.17, 15) is 0 Å². The van der Waals surface area contributed by atoms with Crippen molar-refractivity contribution in [1.29, 1.82) is 0 Å². The average molecular weight is 255 g/mol. The standard InChI is InChI=1S/C10H11ClN4S/c1-6-3-7(2)13-9(12-6)15-10-14-8(4-11)5-16-10/h3,5H,4H2,1-2H3,(H,12,13,14,15). The molecule has 0 aliphatic heterocycles. The molecule has 0 aliphatic carbocycles. The lowest BCUT2D eigenvalue weighted by Crippen LogP contribution is -1.99. The minimum absolute atomic E-state index is 0.423. The van der Waals surface area contributed by atoms with Gasteiger partial charge < -0.3 is 5.32 Å². The van der Waals surface area contributed by atoms with Crippen LogP contribution in [-0.2, 0) is 5.88 Å². The quantitative estimate of drug-likeness (QED) is 0.856. The summed E-state index contributed by atoms with van der Waals surface area (Å²) in [6, 6.07) is 1.93. The number of aromatic nitrogens is 3. The van der Waals surface area contributed by atoms with E-state index in [1.54, 1.807) is 0 Å². The minimum atomic E-state index is 0.423. The Labute approximate surface area is 103 Å². The van der Waals surface area contributed by atoms with Crippen molar-refractivity contribution in [3.05, 3.63) is 28.5 Å². The van der Waals surface area contributed by atoms with E-state index < -0.39 is 0 Å². The van der Waals surface area contributed by atoms with Gasteiger partial charge in [-0.3, -0.25) is 0 Å². The predicted octanol–water partition coefficient (Wildman–Crippen LogP) is 3.03. The molecule has 84 valence electrons. The van der Waals surface area contributed by atoms with Crippen LogP contribution in [-0.4, -0.2) is 15.0 Å². The van der Waals surface area contributed by atoms with Crippen LogP contribution in [0, 0.1) is 13.8 Å². The van der Waals surface area contributed by atoms with Crippen LogP contribution in [0.15, 0.2) is 11.4 Å². The summed E-state index contributed by atoms with van der Waals surface area (Å²) in [4.78, 5) is 12.8. The Hall–Kier alpha value is -1.20. The Bertz CT molecular complexity index is 477. The molecule has 0 unspecified atom stereocenters. The fraction of sp³-hybridized carbons (Fsp3) is 0.300. The molecule has 0 aromatic carbocycles. The van der Waals surface area contributed by atoms with E-state index >= 15 is 0 Å². The van der Waals surface area contributed by atoms with Gasteiger partial charge in [0.2, 0.25) is 5.95 Å². The first kappa shape index (κ1) is 11.3. The van der Waals surface area contributed by atoms with E-state index in [-0.39, 0.29) is 0 Å². The largest absolute Gasteiger partial charge is 0.300 e. The summed E-state index contributed by atoms with van der Waals surface area (Å²) in [7, 11) is 0. The summed E-state index contributed by atoms with van der Waals surface area (Å²) in [5.41, 5.74) is 2.73. The van der Waals surface area contributed by atoms with Crippen LogP contribution < -0.4 is 5.32 Å². The SMILES string of the molecule is Cc1cc(C)nc(Nc2nc(CCl)cs2)n1. The average Bonchev–Trinajstić information content (AvgIpc) is 2.64. The second-order valence-electron chi connectivity index (χ2n) is 3.38. The molecule has 0 radical (unpaired) electrons. The van der Waals surface area contributed by atoms with Crippen LogP contribution in [0.1, 0.15) is 17.1 Å². The monoisotopic (exact) mass is 254 g/mol. The van der Waals surface area contributed by atoms with Gasteiger partial charge in [0.25, 0.3) is 0 Å². The van der Waals surface area contributed by atoms with Crippen molar-refractivity contribution in [2.24, 2.45) is 0 Å². The van der Waals surface area contributed by atoms with Crippen LogP contribution in [0.2, 0.25) is 0 Å². The lowest BCUT2D eigenvalue weighted by Gasteiger charge is -2.02. The normalized spacial score (nSPS) is 10.4. The highest BCUT2D eigenvalue weighted by Crippen LogP contribution is 2.19. The third-order valence-electron chi connectivity index (χ3n) is 1.89. The maximum Gasteiger partial charge on any atom is 0.229 e. The number of aryl methyl sites for hydroxylation is 2. The third kappa shape index (κ3) is 2.68. The first-order valence-electron chi connectivity index (χ1n) is 4.77. The molecule has 0 saturated carbocycles. The van der Waals surface area contributed by atoms with Crippen molar-refractivity contribution in [3.63, 3.8) is 0 Å². The van der Waals surface area contributed by atoms with Gasteiger partial charge in [0.1, 0.15) is 0 Å². The van der Waals surface area contributed by atoms with Gasteiger partial charge in [0, 0.05) is 16.8 Å². The molecule has 2 heterocycles. The molecule has 0 spiro atoms. The van der Waals surface area contributed by atoms with E-state index in [0.29, 0.717) is 11.8 Å². The molecule has 0 saturated heterocycles. The Morgan fingerprint density at radius 1 is 1.25 bits per heavy atom. The molecule has 2 rings (SSSR count). The second-order valence-corrected chi connectivity index (χ2v) is 4.50. The van der Waals surface area contributed by atoms with Crippen molar-refractivity contribution >= 4 is 34.0 Å². The Balaban J connectivity index is 2.19. The molecule has 0 amide bonds. The third-order valence-corrected chi connectivity index (χ3v) is 2.97. The smallest absolute Gasteiger partial charge is 0.229 e. The number of halogens is 1. The van der Waals surface area contributed by atoms with Crippen LogP contribution in [0.5, 0.6) is 0 Å². The van der Waals surface area contributed by atoms with Gasteiger partial charge in [0.05, 0.1) is 11.6 Å². The number of hydrogen-bond acceptors (Lipinski definition) is 5. The zero-order valence-electron chi connectivity index (χ0n) is 8.99. The minimum Gasteiger partial charge on any atom is -0.300 e. The van der Waals surface area contributed by atoms with Gasteiger partial charge in [-0.15, -0.1) is 22.9 Å². The first-order valence-corrected chi connectivity index (χ1v) is 6.18. The first-order chi connectivity index (χ1) is 7.67. The van der Waals surface area contributed by atoms with Gasteiger partial charge in [-0.2, -0.15) is 0 Å². The molecule has 1 N–H and O–H groups in total. The van der Waals surface area contributed by atoms with Crippen molar-refractivity contribution < 1.29 is 0 Å². The van der Waals surface area contributed by atoms with Gasteiger partial charge in [-0.1, -0.05) is 0 Å². The number of anilines is 2. The van der Waals surface area contributed by atoms with Crippen molar-refractivity contribution in [2.45, 2.75) is 19.7 Å². The van der Waals surface area contributed by atoms with Crippen LogP contribution >= 0.6 is 22.9 Å². The lowest BCUT2D eigenvalue weighted by atomic mass is 10.4. The van der Waals surface area contributed by atoms with E-state index in [1.807, 2.05) is 25.3 Å². The van der Waals surface area contributed by atoms with Gasteiger partial charge in [0.15, 0.2) is 5.13 Å². The molecular weight excluding hydrogens is 244 g/mol. The molecule has 2 aromatic heterocycles. The maximum absolute atomic E-state index is 5.68. The number of rotatable bonds is 3. The Kier molecular flexibility index (Phi) is 3.36. The van der Waals surface area contributed by atoms with Gasteiger partial charge in [-0.25, -0.2) is 15.0 Å². The number of alkyl halides is 1. The fourth-order valence-electron chi connectivity index (χ4n) is 1.30. The highest BCUT2D eigenvalue weighted by Gasteiger charge is 2.04. The number of thiazole rings is 1. The molecule has 6 heteroatoms. The van der Waals surface area contributed by atoms with Crippen LogP contribution in [0.25, 0.3) is 0 Å². The lowest BCUT2D eigenvalue weighted by molar-refractivity contribution is 1.06. The predicted molar refractivity (Wildman–Crippen MR) is 66.5 cm³/mol. The number of nitrogens with one attached hydrogen (secondary N) is 1. The highest BCUT2D eigenvalue weighted by molar-refractivity contribution is 7.13. The number of nitrogens with zero attached hydrogens (tertiary/aromatic N) is 3. The van der Waals surface area contributed by atoms with E-state index in [0.717, 1.165) is 22.2 Å². The van der Waals surface area contributed by atoms with E-state index in [1.165, 1.54) is 11.3 Å². The molecule has 16 heavy (non-hydrogen) atoms. The molecule has 0 fully saturated rings. The van der Waals surface area contributed by atoms with Crippen molar-refractivity contribution in [1.82, 2.24) is 15.0 Å². The molecule has 0 bridgehead atoms. The summed E-state index contributed by atoms with van der Waals surface area (Å²) < 4.78 is 0. The Morgan fingerprint density at radius 3 is 2.50 bits per heavy atom. The summed E-state index contributed by atoms with van der Waals surface area (Å²) in [6.07, 6.45) is 0. The van der Waals surface area contributed by atoms with Crippen molar-refractivity contribution in [3.8, 4) is 0 Å². The zero-order chi connectivity index (χ0) is 11.5. The second kappa shape index (κ2) is 4.76. The molecular formula is C10H11ClN4S. The van der Waals surface area contributed by atoms with Crippen molar-refractivity contribution in [2.75, 3.05) is 5.32 Å². The topological polar surface area (TPSA) is 50.7 Å². The van der Waals surface area contributed by atoms with Gasteiger partial charge >= 0.3 is 0 Å². The summed E-state index contributed by atoms with van der Waals surface area (Å²) >= 11 is 7.17. The highest BCUT2D eigenvalue weighted by atomic mass is 35.5. The fourth-order valence-corrected chi connectivity index (χ4v) is 2.24. The summed E-state index contributed by atoms with van der Waals surface area (Å²) in [5, 5.41) is 5.75. The summed E-state index contributed by atoms with van der Waals surface area (Å²) in [5.74, 6) is 0.999. The Morgan fingerprint density at radius 2 is 1.94 bits per heavy atom. The molecule has 0 aliphatic rings. The van der Waals surface area contributed by atoms with Gasteiger partial charge in [-0.05, 0) is 19.9 Å². The zero-order valence-corrected chi connectivity index (χ0v) is 10.6. The van der Waals surface area contributed by atoms with E-state index in [4.69, 9.17) is 11.6 Å². The molecule has 4 nitrogen and oxygen atoms in total. The van der Waals surface area contributed by atoms with E-state index in [2.05, 4.69) is 20.3 Å². The maximum atomic E-state index is 5.68. The summed E-state index contributed by atoms with van der Waals surface area (Å²) in [6.45, 7) is 3.87. The molecule has 2 aromatic rings. The van der Waals surface area contributed by atoms with Crippen LogP contribution in [0.3, 0.4) is 0 Å². The molecule has 0 atom stereocenters. The van der Waals surface area contributed by atoms with Crippen LogP contribution in [0.4, 0.5) is 11.1 Å². The number of hydrogen-bond donors (Lipinski definition) is 1.